The molecule has 98 valence electrons. The number of carbonyl (C=O) groups excluding carboxylic acids is 1. The van der Waals surface area contributed by atoms with Crippen LogP contribution in [0.15, 0.2) is 18.3 Å². The number of nitrogens with two attached hydrogens (primary N) is 1. The van der Waals surface area contributed by atoms with Crippen molar-refractivity contribution in [2.24, 2.45) is 5.84 Å². The molecule has 1 amide bonds. The van der Waals surface area contributed by atoms with Crippen LogP contribution in [0.2, 0.25) is 0 Å². The van der Waals surface area contributed by atoms with E-state index in [1.54, 1.807) is 18.3 Å². The molecule has 0 saturated carbocycles. The van der Waals surface area contributed by atoms with Gasteiger partial charge in [0.15, 0.2) is 0 Å². The Labute approximate surface area is 106 Å². The van der Waals surface area contributed by atoms with Crippen LogP contribution in [0.5, 0.6) is 0 Å². The zero-order valence-electron chi connectivity index (χ0n) is 10.3. The summed E-state index contributed by atoms with van der Waals surface area (Å²) in [7, 11) is 0. The maximum Gasteiger partial charge on any atom is 0.251 e. The lowest BCUT2D eigenvalue weighted by Gasteiger charge is -2.20. The molecule has 0 bridgehead atoms. The highest BCUT2D eigenvalue weighted by molar-refractivity contribution is 5.94. The van der Waals surface area contributed by atoms with Crippen LogP contribution in [0.4, 0.5) is 5.82 Å². The molecule has 6 heteroatoms. The molecule has 1 aromatic rings. The fourth-order valence-corrected chi connectivity index (χ4v) is 2.03. The highest BCUT2D eigenvalue weighted by Gasteiger charge is 2.23. The van der Waals surface area contributed by atoms with Crippen molar-refractivity contribution in [3.8, 4) is 0 Å². The van der Waals surface area contributed by atoms with Crippen molar-refractivity contribution in [1.82, 2.24) is 10.3 Å². The number of nitrogens with zero attached hydrogens (tertiary/aromatic N) is 1. The van der Waals surface area contributed by atoms with Crippen molar-refractivity contribution in [2.75, 3.05) is 12.0 Å². The SMILES string of the molecule is CC(NC(=O)c1ccnc(NN)c1)C1CCCO1. The Hall–Kier alpha value is -1.66. The van der Waals surface area contributed by atoms with E-state index in [-0.39, 0.29) is 18.1 Å². The van der Waals surface area contributed by atoms with Gasteiger partial charge in [0.05, 0.1) is 12.1 Å². The zero-order chi connectivity index (χ0) is 13.0. The molecule has 6 nitrogen and oxygen atoms in total. The maximum absolute atomic E-state index is 12.0. The minimum absolute atomic E-state index is 0.00227. The number of aromatic nitrogens is 1. The molecule has 1 aromatic heterocycles. The summed E-state index contributed by atoms with van der Waals surface area (Å²) in [5.74, 6) is 5.58. The first-order valence-corrected chi connectivity index (χ1v) is 6.06. The first-order chi connectivity index (χ1) is 8.70. The standard InChI is InChI=1S/C12H18N4O2/c1-8(10-3-2-6-18-10)15-12(17)9-4-5-14-11(7-9)16-13/h4-5,7-8,10H,2-3,6,13H2,1H3,(H,14,16)(H,15,17). The largest absolute Gasteiger partial charge is 0.376 e. The summed E-state index contributed by atoms with van der Waals surface area (Å²) < 4.78 is 5.54. The summed E-state index contributed by atoms with van der Waals surface area (Å²) in [4.78, 5) is 16.0. The Kier molecular flexibility index (Phi) is 4.11. The third-order valence-corrected chi connectivity index (χ3v) is 3.05. The molecular weight excluding hydrogens is 232 g/mol. The van der Waals surface area contributed by atoms with Gasteiger partial charge in [-0.25, -0.2) is 10.8 Å². The molecule has 1 aliphatic rings. The molecule has 0 aromatic carbocycles. The minimum atomic E-state index is -0.142. The second kappa shape index (κ2) is 5.79. The number of anilines is 1. The smallest absolute Gasteiger partial charge is 0.251 e. The predicted octanol–water partition coefficient (Wildman–Crippen LogP) is 0.664. The molecule has 1 fully saturated rings. The Morgan fingerprint density at radius 3 is 3.17 bits per heavy atom. The van der Waals surface area contributed by atoms with Crippen LogP contribution >= 0.6 is 0 Å². The number of rotatable bonds is 4. The van der Waals surface area contributed by atoms with Gasteiger partial charge in [-0.05, 0) is 31.9 Å². The van der Waals surface area contributed by atoms with Gasteiger partial charge in [-0.1, -0.05) is 0 Å². The van der Waals surface area contributed by atoms with E-state index in [1.165, 1.54) is 0 Å². The van der Waals surface area contributed by atoms with Gasteiger partial charge >= 0.3 is 0 Å². The minimum Gasteiger partial charge on any atom is -0.376 e. The summed E-state index contributed by atoms with van der Waals surface area (Å²) in [5.41, 5.74) is 2.95. The molecule has 2 atom stereocenters. The van der Waals surface area contributed by atoms with Crippen LogP contribution in [-0.4, -0.2) is 29.6 Å². The zero-order valence-corrected chi connectivity index (χ0v) is 10.3. The Balaban J connectivity index is 1.97. The summed E-state index contributed by atoms with van der Waals surface area (Å²) in [5, 5.41) is 2.93. The molecule has 2 heterocycles. The first-order valence-electron chi connectivity index (χ1n) is 6.06. The number of amides is 1. The van der Waals surface area contributed by atoms with E-state index in [0.717, 1.165) is 19.4 Å². The lowest BCUT2D eigenvalue weighted by molar-refractivity contribution is 0.0712. The van der Waals surface area contributed by atoms with Crippen LogP contribution < -0.4 is 16.6 Å². The van der Waals surface area contributed by atoms with Crippen LogP contribution in [0.1, 0.15) is 30.1 Å². The van der Waals surface area contributed by atoms with Gasteiger partial charge in [-0.15, -0.1) is 0 Å². The molecule has 18 heavy (non-hydrogen) atoms. The van der Waals surface area contributed by atoms with Crippen LogP contribution in [-0.2, 0) is 4.74 Å². The fourth-order valence-electron chi connectivity index (χ4n) is 2.03. The summed E-state index contributed by atoms with van der Waals surface area (Å²) >= 11 is 0. The molecule has 1 saturated heterocycles. The highest BCUT2D eigenvalue weighted by Crippen LogP contribution is 2.16. The molecule has 1 aliphatic heterocycles. The van der Waals surface area contributed by atoms with Gasteiger partial charge in [-0.2, -0.15) is 0 Å². The van der Waals surface area contributed by atoms with E-state index in [9.17, 15) is 4.79 Å². The molecule has 0 spiro atoms. The highest BCUT2D eigenvalue weighted by atomic mass is 16.5. The van der Waals surface area contributed by atoms with Crippen molar-refractivity contribution in [2.45, 2.75) is 31.9 Å². The molecule has 0 radical (unpaired) electrons. The van der Waals surface area contributed by atoms with Gasteiger partial charge in [0.1, 0.15) is 5.82 Å². The van der Waals surface area contributed by atoms with E-state index in [4.69, 9.17) is 10.6 Å². The molecular formula is C12H18N4O2. The number of hydrogen-bond acceptors (Lipinski definition) is 5. The second-order valence-electron chi connectivity index (χ2n) is 4.39. The fraction of sp³-hybridized carbons (Fsp3) is 0.500. The van der Waals surface area contributed by atoms with Crippen molar-refractivity contribution >= 4 is 11.7 Å². The number of nitrogens with one attached hydrogen (secondary N) is 2. The van der Waals surface area contributed by atoms with E-state index in [0.29, 0.717) is 11.4 Å². The first kappa shape index (κ1) is 12.8. The average Bonchev–Trinajstić information content (AvgIpc) is 2.92. The maximum atomic E-state index is 12.0. The van der Waals surface area contributed by atoms with E-state index in [1.807, 2.05) is 6.92 Å². The van der Waals surface area contributed by atoms with Crippen LogP contribution in [0, 0.1) is 0 Å². The number of pyridine rings is 1. The molecule has 4 N–H and O–H groups in total. The normalized spacial score (nSPS) is 20.4. The lowest BCUT2D eigenvalue weighted by Crippen LogP contribution is -2.40. The van der Waals surface area contributed by atoms with Crippen LogP contribution in [0.3, 0.4) is 0 Å². The Bertz CT molecular complexity index is 418. The number of hydrazine groups is 1. The number of hydrogen-bond donors (Lipinski definition) is 3. The van der Waals surface area contributed by atoms with Crippen LogP contribution in [0.25, 0.3) is 0 Å². The summed E-state index contributed by atoms with van der Waals surface area (Å²) in [6, 6.07) is 3.26. The quantitative estimate of drug-likeness (QED) is 0.539. The number of ether oxygens (including phenoxy) is 1. The second-order valence-corrected chi connectivity index (χ2v) is 4.39. The number of nitrogen functional groups attached to an aromatic ring is 1. The average molecular weight is 250 g/mol. The van der Waals surface area contributed by atoms with Crippen molar-refractivity contribution in [3.63, 3.8) is 0 Å². The summed E-state index contributed by atoms with van der Waals surface area (Å²) in [6.07, 6.45) is 3.71. The van der Waals surface area contributed by atoms with Gasteiger partial charge < -0.3 is 15.5 Å². The summed E-state index contributed by atoms with van der Waals surface area (Å²) in [6.45, 7) is 2.73. The predicted molar refractivity (Wildman–Crippen MR) is 67.9 cm³/mol. The molecule has 2 unspecified atom stereocenters. The van der Waals surface area contributed by atoms with E-state index in [2.05, 4.69) is 15.7 Å². The Morgan fingerprint density at radius 2 is 2.50 bits per heavy atom. The van der Waals surface area contributed by atoms with Crippen molar-refractivity contribution < 1.29 is 9.53 Å². The van der Waals surface area contributed by atoms with E-state index >= 15 is 0 Å². The third kappa shape index (κ3) is 2.96. The van der Waals surface area contributed by atoms with Gasteiger partial charge in [0.25, 0.3) is 5.91 Å². The van der Waals surface area contributed by atoms with Crippen molar-refractivity contribution in [3.05, 3.63) is 23.9 Å². The van der Waals surface area contributed by atoms with E-state index < -0.39 is 0 Å². The topological polar surface area (TPSA) is 89.3 Å². The Morgan fingerprint density at radius 1 is 1.67 bits per heavy atom. The lowest BCUT2D eigenvalue weighted by atomic mass is 10.1. The third-order valence-electron chi connectivity index (χ3n) is 3.05. The van der Waals surface area contributed by atoms with Gasteiger partial charge in [-0.3, -0.25) is 4.79 Å². The molecule has 0 aliphatic carbocycles. The van der Waals surface area contributed by atoms with Crippen molar-refractivity contribution in [1.29, 1.82) is 0 Å². The number of carbonyl (C=O) groups is 1. The molecule has 2 rings (SSSR count). The van der Waals surface area contributed by atoms with Gasteiger partial charge in [0.2, 0.25) is 0 Å². The monoisotopic (exact) mass is 250 g/mol. The van der Waals surface area contributed by atoms with Gasteiger partial charge in [0, 0.05) is 18.4 Å².